The topological polar surface area (TPSA) is 91.4 Å². The van der Waals surface area contributed by atoms with Crippen LogP contribution in [0, 0.1) is 23.5 Å². The molecule has 10 heteroatoms. The van der Waals surface area contributed by atoms with Crippen LogP contribution in [-0.2, 0) is 9.59 Å². The van der Waals surface area contributed by atoms with Gasteiger partial charge in [-0.1, -0.05) is 41.6 Å². The Hall–Kier alpha value is -4.29. The molecule has 176 valence electrons. The van der Waals surface area contributed by atoms with E-state index < -0.39 is 47.1 Å². The predicted octanol–water partition coefficient (Wildman–Crippen LogP) is 4.26. The van der Waals surface area contributed by atoms with Crippen LogP contribution in [0.1, 0.15) is 24.5 Å². The molecule has 0 saturated carbocycles. The van der Waals surface area contributed by atoms with Crippen molar-refractivity contribution >= 4 is 40.8 Å². The molecule has 2 aromatic carbocycles. The van der Waals surface area contributed by atoms with Gasteiger partial charge in [-0.2, -0.15) is 0 Å². The lowest BCUT2D eigenvalue weighted by Crippen LogP contribution is -2.65. The molecule has 1 aliphatic heterocycles. The van der Waals surface area contributed by atoms with Gasteiger partial charge in [-0.05, 0) is 43.3 Å². The summed E-state index contributed by atoms with van der Waals surface area (Å²) in [5.41, 5.74) is -1.55. The highest BCUT2D eigenvalue weighted by Gasteiger charge is 2.47. The summed E-state index contributed by atoms with van der Waals surface area (Å²) in [6.07, 6.45) is 0.759. The van der Waals surface area contributed by atoms with Crippen LogP contribution in [0.3, 0.4) is 0 Å². The fraction of sp³-hybridized carbons (Fsp3) is 0.120. The number of carbonyl (C=O) groups excluding carboxylic acids is 3. The highest BCUT2D eigenvalue weighted by atomic mass is 35.5. The number of rotatable bonds is 3. The van der Waals surface area contributed by atoms with E-state index in [9.17, 15) is 23.2 Å². The first-order valence-electron chi connectivity index (χ1n) is 10.3. The molecule has 2 heterocycles. The average Bonchev–Trinajstić information content (AvgIpc) is 2.81. The number of nitrogens with zero attached hydrogens (tertiary/aromatic N) is 2. The van der Waals surface area contributed by atoms with Crippen molar-refractivity contribution in [1.29, 1.82) is 0 Å². The normalized spacial score (nSPS) is 17.3. The van der Waals surface area contributed by atoms with E-state index in [2.05, 4.69) is 27.5 Å². The maximum absolute atomic E-state index is 14.9. The first-order chi connectivity index (χ1) is 16.7. The maximum Gasteiger partial charge on any atom is 0.329 e. The van der Waals surface area contributed by atoms with Crippen LogP contribution in [0.5, 0.6) is 0 Å². The van der Waals surface area contributed by atoms with Gasteiger partial charge < -0.3 is 10.6 Å². The second-order valence-electron chi connectivity index (χ2n) is 7.90. The number of pyridine rings is 1. The Bertz CT molecular complexity index is 1340. The van der Waals surface area contributed by atoms with E-state index in [1.165, 1.54) is 25.3 Å². The second kappa shape index (κ2) is 9.52. The van der Waals surface area contributed by atoms with Crippen molar-refractivity contribution in [3.8, 4) is 11.8 Å². The smallest absolute Gasteiger partial charge is 0.323 e. The zero-order valence-electron chi connectivity index (χ0n) is 18.2. The van der Waals surface area contributed by atoms with E-state index >= 15 is 0 Å². The molecule has 2 N–H and O–H groups in total. The highest BCUT2D eigenvalue weighted by molar-refractivity contribution is 6.29. The number of benzene rings is 2. The van der Waals surface area contributed by atoms with Crippen molar-refractivity contribution in [1.82, 2.24) is 10.3 Å². The molecule has 4 amide bonds. The fourth-order valence-corrected chi connectivity index (χ4v) is 3.54. The van der Waals surface area contributed by atoms with Crippen LogP contribution in [0.25, 0.3) is 0 Å². The Balaban J connectivity index is 1.55. The molecule has 3 aromatic rings. The standard InChI is InChI=1S/C25H17ClF2N4O3/c1-25(23(34)30-17-9-10-20(26)29-14-17)13-21(33)32(24(35)31-25)22-18(27)11-16(12-19(22)28)8-7-15-5-3-2-4-6-15/h2-6,9-12,14H,13H2,1H3,(H,30,34)(H,31,35). The van der Waals surface area contributed by atoms with Gasteiger partial charge in [0, 0.05) is 11.1 Å². The van der Waals surface area contributed by atoms with Crippen molar-refractivity contribution < 1.29 is 23.2 Å². The van der Waals surface area contributed by atoms with Gasteiger partial charge in [-0.3, -0.25) is 9.59 Å². The van der Waals surface area contributed by atoms with Gasteiger partial charge >= 0.3 is 6.03 Å². The van der Waals surface area contributed by atoms with E-state index in [1.807, 2.05) is 6.07 Å². The van der Waals surface area contributed by atoms with Gasteiger partial charge in [0.2, 0.25) is 11.8 Å². The first-order valence-corrected chi connectivity index (χ1v) is 10.7. The number of amides is 4. The largest absolute Gasteiger partial charge is 0.329 e. The predicted molar refractivity (Wildman–Crippen MR) is 126 cm³/mol. The molecule has 0 aliphatic carbocycles. The minimum absolute atomic E-state index is 0.0262. The first kappa shape index (κ1) is 23.9. The maximum atomic E-state index is 14.9. The molecule has 0 bridgehead atoms. The Morgan fingerprint density at radius 3 is 2.34 bits per heavy atom. The van der Waals surface area contributed by atoms with Crippen LogP contribution in [0.4, 0.5) is 25.0 Å². The number of hydrogen-bond donors (Lipinski definition) is 2. The van der Waals surface area contributed by atoms with Gasteiger partial charge in [-0.15, -0.1) is 0 Å². The molecule has 0 radical (unpaired) electrons. The molecule has 4 rings (SSSR count). The molecule has 1 fully saturated rings. The summed E-state index contributed by atoms with van der Waals surface area (Å²) in [4.78, 5) is 42.5. The molecule has 1 aliphatic rings. The van der Waals surface area contributed by atoms with Crippen molar-refractivity contribution in [2.75, 3.05) is 10.2 Å². The minimum atomic E-state index is -1.67. The Morgan fingerprint density at radius 2 is 1.74 bits per heavy atom. The Morgan fingerprint density at radius 1 is 1.09 bits per heavy atom. The lowest BCUT2D eigenvalue weighted by molar-refractivity contribution is -0.128. The number of aromatic nitrogens is 1. The SMILES string of the molecule is CC1(C(=O)Nc2ccc(Cl)nc2)CC(=O)N(c2c(F)cc(C#Cc3ccccc3)cc2F)C(=O)N1. The lowest BCUT2D eigenvalue weighted by atomic mass is 9.93. The van der Waals surface area contributed by atoms with Gasteiger partial charge in [0.15, 0.2) is 11.6 Å². The van der Waals surface area contributed by atoms with Crippen molar-refractivity contribution in [2.24, 2.45) is 0 Å². The molecule has 7 nitrogen and oxygen atoms in total. The zero-order valence-corrected chi connectivity index (χ0v) is 19.0. The van der Waals surface area contributed by atoms with Crippen molar-refractivity contribution in [2.45, 2.75) is 18.9 Å². The molecule has 1 saturated heterocycles. The molecule has 1 aromatic heterocycles. The summed E-state index contributed by atoms with van der Waals surface area (Å²) >= 11 is 5.72. The van der Waals surface area contributed by atoms with Crippen LogP contribution in [0.15, 0.2) is 60.8 Å². The summed E-state index contributed by atoms with van der Waals surface area (Å²) in [6.45, 7) is 1.33. The van der Waals surface area contributed by atoms with E-state index in [1.54, 1.807) is 24.3 Å². The number of nitrogens with one attached hydrogen (secondary N) is 2. The third-order valence-corrected chi connectivity index (χ3v) is 5.42. The van der Waals surface area contributed by atoms with Crippen molar-refractivity contribution in [3.63, 3.8) is 0 Å². The van der Waals surface area contributed by atoms with Gasteiger partial charge in [0.05, 0.1) is 18.3 Å². The molecule has 35 heavy (non-hydrogen) atoms. The zero-order chi connectivity index (χ0) is 25.2. The highest BCUT2D eigenvalue weighted by Crippen LogP contribution is 2.30. The number of imide groups is 1. The number of anilines is 2. The van der Waals surface area contributed by atoms with Gasteiger partial charge in [-0.25, -0.2) is 23.5 Å². The van der Waals surface area contributed by atoms with Gasteiger partial charge in [0.1, 0.15) is 16.4 Å². The summed E-state index contributed by atoms with van der Waals surface area (Å²) in [6, 6.07) is 12.5. The molecular weight excluding hydrogens is 478 g/mol. The number of halogens is 3. The average molecular weight is 495 g/mol. The Labute approximate surface area is 204 Å². The van der Waals surface area contributed by atoms with Crippen LogP contribution < -0.4 is 15.5 Å². The van der Waals surface area contributed by atoms with E-state index in [4.69, 9.17) is 11.6 Å². The van der Waals surface area contributed by atoms with Crippen LogP contribution in [0.2, 0.25) is 5.15 Å². The lowest BCUT2D eigenvalue weighted by Gasteiger charge is -2.37. The Kier molecular flexibility index (Phi) is 6.49. The third kappa shape index (κ3) is 5.13. The summed E-state index contributed by atoms with van der Waals surface area (Å²) < 4.78 is 29.7. The molecule has 1 unspecified atom stereocenters. The molecule has 1 atom stereocenters. The number of hydrogen-bond acceptors (Lipinski definition) is 4. The summed E-state index contributed by atoms with van der Waals surface area (Å²) in [7, 11) is 0. The van der Waals surface area contributed by atoms with Crippen LogP contribution in [-0.4, -0.2) is 28.4 Å². The molecular formula is C25H17ClF2N4O3. The quantitative estimate of drug-likeness (QED) is 0.420. The fourth-order valence-electron chi connectivity index (χ4n) is 3.43. The third-order valence-electron chi connectivity index (χ3n) is 5.19. The van der Waals surface area contributed by atoms with E-state index in [-0.39, 0.29) is 16.4 Å². The van der Waals surface area contributed by atoms with Gasteiger partial charge in [0.25, 0.3) is 0 Å². The summed E-state index contributed by atoms with van der Waals surface area (Å²) in [5, 5.41) is 5.10. The number of carbonyl (C=O) groups is 3. The van der Waals surface area contributed by atoms with Crippen LogP contribution >= 0.6 is 11.6 Å². The molecule has 0 spiro atoms. The van der Waals surface area contributed by atoms with E-state index in [0.717, 1.165) is 12.1 Å². The van der Waals surface area contributed by atoms with E-state index in [0.29, 0.717) is 10.5 Å². The summed E-state index contributed by atoms with van der Waals surface area (Å²) in [5.74, 6) is 1.46. The monoisotopic (exact) mass is 494 g/mol. The van der Waals surface area contributed by atoms with Crippen molar-refractivity contribution in [3.05, 3.63) is 88.7 Å². The number of urea groups is 1. The second-order valence-corrected chi connectivity index (χ2v) is 8.28. The minimum Gasteiger partial charge on any atom is -0.323 e.